The summed E-state index contributed by atoms with van der Waals surface area (Å²) in [6, 6.07) is 4.75. The highest BCUT2D eigenvalue weighted by Gasteiger charge is 2.26. The lowest BCUT2D eigenvalue weighted by Crippen LogP contribution is -2.42. The number of aryl methyl sites for hydroxylation is 1. The van der Waals surface area contributed by atoms with Crippen LogP contribution in [0.1, 0.15) is 39.2 Å². The molecular weight excluding hydrogens is 512 g/mol. The Balaban J connectivity index is 2.25. The maximum atomic E-state index is 13.0. The fraction of sp³-hybridized carbons (Fsp3) is 0.519. The van der Waals surface area contributed by atoms with E-state index in [1.807, 2.05) is 13.8 Å². The second-order valence-corrected chi connectivity index (χ2v) is 11.1. The van der Waals surface area contributed by atoms with Crippen LogP contribution in [0.2, 0.25) is 0 Å². The van der Waals surface area contributed by atoms with Gasteiger partial charge in [-0.05, 0) is 31.9 Å². The van der Waals surface area contributed by atoms with E-state index in [0.717, 1.165) is 5.56 Å². The van der Waals surface area contributed by atoms with Crippen LogP contribution < -0.4 is 10.0 Å². The van der Waals surface area contributed by atoms with Gasteiger partial charge in [-0.3, -0.25) is 9.59 Å². The van der Waals surface area contributed by atoms with Gasteiger partial charge in [0.25, 0.3) is 0 Å². The number of sulfonamides is 1. The molecule has 0 radical (unpaired) electrons. The summed E-state index contributed by atoms with van der Waals surface area (Å²) < 4.78 is 44.7. The molecule has 1 heterocycles. The Bertz CT molecular complexity index is 1110. The van der Waals surface area contributed by atoms with E-state index in [9.17, 15) is 22.8 Å². The van der Waals surface area contributed by atoms with E-state index in [2.05, 4.69) is 10.0 Å². The van der Waals surface area contributed by atoms with Crippen LogP contribution in [-0.2, 0) is 38.6 Å². The number of carbonyl (C=O) groups excluding carboxylic acids is 3. The second kappa shape index (κ2) is 14.8. The second-order valence-electron chi connectivity index (χ2n) is 9.40. The summed E-state index contributed by atoms with van der Waals surface area (Å²) in [5.41, 5.74) is 0.918. The molecule has 1 aromatic rings. The Morgan fingerprint density at radius 1 is 0.921 bits per heavy atom. The van der Waals surface area contributed by atoms with Crippen LogP contribution in [0.15, 0.2) is 53.5 Å². The number of ether oxygens (including phenoxy) is 3. The van der Waals surface area contributed by atoms with E-state index in [4.69, 9.17) is 14.2 Å². The lowest BCUT2D eigenvalue weighted by atomic mass is 10.0. The number of benzene rings is 1. The average Bonchev–Trinajstić information content (AvgIpc) is 2.86. The minimum atomic E-state index is -3.90. The zero-order valence-electron chi connectivity index (χ0n) is 22.5. The van der Waals surface area contributed by atoms with Crippen LogP contribution in [-0.4, -0.2) is 64.8 Å². The molecule has 0 aromatic heterocycles. The van der Waals surface area contributed by atoms with Crippen molar-refractivity contribution >= 4 is 27.9 Å². The summed E-state index contributed by atoms with van der Waals surface area (Å²) >= 11 is 0. The summed E-state index contributed by atoms with van der Waals surface area (Å²) in [5.74, 6) is -2.15. The minimum Gasteiger partial charge on any atom is -0.464 e. The maximum Gasteiger partial charge on any atom is 0.328 e. The number of nitrogens with one attached hydrogen (secondary N) is 2. The van der Waals surface area contributed by atoms with Crippen LogP contribution in [0.3, 0.4) is 0 Å². The molecule has 0 spiro atoms. The zero-order valence-corrected chi connectivity index (χ0v) is 23.3. The zero-order chi connectivity index (χ0) is 28.3. The molecule has 0 bridgehead atoms. The first kappa shape index (κ1) is 31.2. The SMILES string of the molecule is CO[C@@H]1COC(=O)[C@H](C)NC(=O)C/C=C/[C@@H](C)[C@H](NS(=O)(=O)c2ccc(C)cc2)COC(=O)C/C=C/[C@@H]1C. The standard InChI is InChI=1S/C27H38N2O8S/c1-18-12-14-22(15-13-18)38(33,34)29-23-16-36-26(31)11-7-9-20(3)24(35-5)17-37-27(32)21(4)28-25(30)10-6-8-19(23)2/h6-9,12-15,19-21,23-24,29H,10-11,16-17H2,1-5H3,(H,28,30)/b8-6+,9-7+/t19-,20+,21+,23-,24-/m1/s1. The van der Waals surface area contributed by atoms with Crippen LogP contribution >= 0.6 is 0 Å². The van der Waals surface area contributed by atoms with Gasteiger partial charge in [-0.15, -0.1) is 0 Å². The monoisotopic (exact) mass is 550 g/mol. The van der Waals surface area contributed by atoms with Crippen molar-refractivity contribution in [2.45, 2.75) is 63.6 Å². The molecule has 0 saturated carbocycles. The fourth-order valence-electron chi connectivity index (χ4n) is 3.63. The third-order valence-corrected chi connectivity index (χ3v) is 7.68. The molecule has 5 atom stereocenters. The van der Waals surface area contributed by atoms with Gasteiger partial charge in [0.05, 0.1) is 23.5 Å². The van der Waals surface area contributed by atoms with Crippen molar-refractivity contribution in [3.05, 3.63) is 54.1 Å². The van der Waals surface area contributed by atoms with Crippen molar-refractivity contribution in [2.75, 3.05) is 20.3 Å². The van der Waals surface area contributed by atoms with Crippen molar-refractivity contribution in [1.29, 1.82) is 0 Å². The van der Waals surface area contributed by atoms with Gasteiger partial charge in [0.15, 0.2) is 0 Å². The lowest BCUT2D eigenvalue weighted by molar-refractivity contribution is -0.151. The number of hydrogen-bond donors (Lipinski definition) is 2. The summed E-state index contributed by atoms with van der Waals surface area (Å²) in [6.45, 7) is 6.75. The quantitative estimate of drug-likeness (QED) is 0.431. The van der Waals surface area contributed by atoms with Crippen molar-refractivity contribution < 1.29 is 37.0 Å². The largest absolute Gasteiger partial charge is 0.464 e. The number of cyclic esters (lactones) is 2. The Labute approximate surface area is 224 Å². The van der Waals surface area contributed by atoms with Gasteiger partial charge in [-0.1, -0.05) is 55.8 Å². The summed E-state index contributed by atoms with van der Waals surface area (Å²) in [4.78, 5) is 37.1. The predicted octanol–water partition coefficient (Wildman–Crippen LogP) is 2.43. The first-order valence-electron chi connectivity index (χ1n) is 12.5. The fourth-order valence-corrected chi connectivity index (χ4v) is 4.94. The van der Waals surface area contributed by atoms with Crippen LogP contribution in [0.25, 0.3) is 0 Å². The van der Waals surface area contributed by atoms with Gasteiger partial charge < -0.3 is 19.5 Å². The maximum absolute atomic E-state index is 13.0. The van der Waals surface area contributed by atoms with Crippen molar-refractivity contribution in [1.82, 2.24) is 10.0 Å². The Morgan fingerprint density at radius 2 is 1.55 bits per heavy atom. The smallest absolute Gasteiger partial charge is 0.328 e. The molecule has 0 fully saturated rings. The van der Waals surface area contributed by atoms with Gasteiger partial charge in [0.2, 0.25) is 15.9 Å². The normalized spacial score (nSPS) is 28.6. The first-order valence-corrected chi connectivity index (χ1v) is 14.0. The summed E-state index contributed by atoms with van der Waals surface area (Å²) in [6.07, 6.45) is 6.10. The number of rotatable bonds is 4. The topological polar surface area (TPSA) is 137 Å². The third kappa shape index (κ3) is 10.0. The molecule has 11 heteroatoms. The number of hydrogen-bond acceptors (Lipinski definition) is 8. The molecule has 1 aromatic carbocycles. The number of carbonyl (C=O) groups is 3. The van der Waals surface area contributed by atoms with Crippen molar-refractivity contribution in [2.24, 2.45) is 11.8 Å². The van der Waals surface area contributed by atoms with Crippen LogP contribution in [0.4, 0.5) is 0 Å². The third-order valence-electron chi connectivity index (χ3n) is 6.17. The van der Waals surface area contributed by atoms with Gasteiger partial charge in [0, 0.05) is 19.4 Å². The minimum absolute atomic E-state index is 0.0221. The Morgan fingerprint density at radius 3 is 2.21 bits per heavy atom. The molecule has 1 aliphatic rings. The van der Waals surface area contributed by atoms with Crippen molar-refractivity contribution in [3.8, 4) is 0 Å². The molecule has 0 saturated heterocycles. The lowest BCUT2D eigenvalue weighted by Gasteiger charge is -2.23. The molecule has 1 aliphatic heterocycles. The Hall–Kier alpha value is -3.02. The number of amides is 1. The van der Waals surface area contributed by atoms with Gasteiger partial charge in [0.1, 0.15) is 19.3 Å². The predicted molar refractivity (Wildman–Crippen MR) is 141 cm³/mol. The van der Waals surface area contributed by atoms with E-state index in [0.29, 0.717) is 0 Å². The molecule has 0 aliphatic carbocycles. The number of esters is 2. The summed E-state index contributed by atoms with van der Waals surface area (Å²) in [7, 11) is -2.41. The molecule has 2 rings (SSSR count). The average molecular weight is 551 g/mol. The highest BCUT2D eigenvalue weighted by atomic mass is 32.2. The molecule has 1 amide bonds. The van der Waals surface area contributed by atoms with Gasteiger partial charge in [-0.2, -0.15) is 0 Å². The number of methoxy groups -OCH3 is 1. The van der Waals surface area contributed by atoms with E-state index < -0.39 is 52.0 Å². The molecule has 38 heavy (non-hydrogen) atoms. The summed E-state index contributed by atoms with van der Waals surface area (Å²) in [5, 5.41) is 2.58. The highest BCUT2D eigenvalue weighted by molar-refractivity contribution is 7.89. The van der Waals surface area contributed by atoms with E-state index >= 15 is 0 Å². The van der Waals surface area contributed by atoms with E-state index in [1.54, 1.807) is 43.4 Å². The van der Waals surface area contributed by atoms with E-state index in [1.165, 1.54) is 26.2 Å². The molecular formula is C27H38N2O8S. The first-order chi connectivity index (χ1) is 17.9. The van der Waals surface area contributed by atoms with Crippen LogP contribution in [0, 0.1) is 18.8 Å². The molecule has 10 nitrogen and oxygen atoms in total. The molecule has 210 valence electrons. The Kier molecular flexibility index (Phi) is 12.1. The highest BCUT2D eigenvalue weighted by Crippen LogP contribution is 2.15. The molecule has 2 N–H and O–H groups in total. The van der Waals surface area contributed by atoms with Gasteiger partial charge >= 0.3 is 11.9 Å². The molecule has 0 unspecified atom stereocenters. The van der Waals surface area contributed by atoms with Crippen molar-refractivity contribution in [3.63, 3.8) is 0 Å². The van der Waals surface area contributed by atoms with E-state index in [-0.39, 0.29) is 36.9 Å². The van der Waals surface area contributed by atoms with Crippen LogP contribution in [0.5, 0.6) is 0 Å². The van der Waals surface area contributed by atoms with Gasteiger partial charge in [-0.25, -0.2) is 17.9 Å².